The largest absolute Gasteiger partial charge is 0.449 e. The van der Waals surface area contributed by atoms with E-state index in [1.165, 1.54) is 34.3 Å². The zero-order valence-corrected chi connectivity index (χ0v) is 18.2. The molecule has 0 fully saturated rings. The molecule has 1 aromatic carbocycles. The van der Waals surface area contributed by atoms with Crippen LogP contribution in [0.1, 0.15) is 19.5 Å². The fourth-order valence-electron chi connectivity index (χ4n) is 3.20. The topological polar surface area (TPSA) is 91.8 Å². The minimum absolute atomic E-state index is 0.303. The molecule has 0 amide bonds. The van der Waals surface area contributed by atoms with E-state index in [-0.39, 0.29) is 11.4 Å². The van der Waals surface area contributed by atoms with E-state index in [9.17, 15) is 13.2 Å². The number of para-hydroxylation sites is 1. The van der Waals surface area contributed by atoms with Crippen LogP contribution in [0.5, 0.6) is 0 Å². The monoisotopic (exact) mass is 449 g/mol. The third-order valence-corrected chi connectivity index (χ3v) is 8.73. The van der Waals surface area contributed by atoms with E-state index in [4.69, 9.17) is 4.74 Å². The van der Waals surface area contributed by atoms with Gasteiger partial charge in [0.15, 0.2) is 5.44 Å². The number of ether oxygens (including phenoxy) is 1. The minimum Gasteiger partial charge on any atom is -0.449 e. The van der Waals surface area contributed by atoms with Crippen molar-refractivity contribution in [1.29, 1.82) is 0 Å². The number of aromatic nitrogens is 1. The molecule has 0 saturated heterocycles. The van der Waals surface area contributed by atoms with Crippen molar-refractivity contribution in [1.82, 2.24) is 4.98 Å². The average Bonchev–Trinajstić information content (AvgIpc) is 3.42. The highest BCUT2D eigenvalue weighted by molar-refractivity contribution is 8.15. The van der Waals surface area contributed by atoms with Gasteiger partial charge in [-0.2, -0.15) is 0 Å². The van der Waals surface area contributed by atoms with Gasteiger partial charge in [0.25, 0.3) is 10.0 Å². The van der Waals surface area contributed by atoms with Crippen molar-refractivity contribution in [2.75, 3.05) is 17.4 Å². The third-order valence-electron chi connectivity index (χ3n) is 4.38. The first-order valence-corrected chi connectivity index (χ1v) is 12.2. The molecule has 0 radical (unpaired) electrons. The quantitative estimate of drug-likeness (QED) is 0.578. The standard InChI is InChI=1S/C19H19N3O4S3/c1-3-22(29(24,25)17-8-5-9-27-17)15-7-4-6-13-10-14(21-18(13)15)19-20-11-16(28-19)26-12(2)23/h4-10,16,21H,3,11H2,1-2H3. The van der Waals surface area contributed by atoms with Gasteiger partial charge in [0.2, 0.25) is 0 Å². The molecule has 3 aromatic rings. The summed E-state index contributed by atoms with van der Waals surface area (Å²) in [5.74, 6) is -0.338. The number of aromatic amines is 1. The van der Waals surface area contributed by atoms with Gasteiger partial charge in [-0.1, -0.05) is 30.0 Å². The maximum atomic E-state index is 13.1. The van der Waals surface area contributed by atoms with Gasteiger partial charge in [-0.3, -0.25) is 14.1 Å². The van der Waals surface area contributed by atoms with Crippen LogP contribution in [0.25, 0.3) is 10.9 Å². The Morgan fingerprint density at radius 2 is 2.17 bits per heavy atom. The number of hydrogen-bond donors (Lipinski definition) is 1. The van der Waals surface area contributed by atoms with Gasteiger partial charge < -0.3 is 9.72 Å². The molecule has 1 atom stereocenters. The lowest BCUT2D eigenvalue weighted by Gasteiger charge is -2.22. The molecule has 10 heteroatoms. The van der Waals surface area contributed by atoms with Crippen LogP contribution in [-0.4, -0.2) is 42.9 Å². The zero-order valence-electron chi connectivity index (χ0n) is 15.8. The van der Waals surface area contributed by atoms with Gasteiger partial charge in [-0.25, -0.2) is 8.42 Å². The fraction of sp³-hybridized carbons (Fsp3) is 0.263. The molecule has 0 bridgehead atoms. The summed E-state index contributed by atoms with van der Waals surface area (Å²) in [6, 6.07) is 10.8. The highest BCUT2D eigenvalue weighted by Gasteiger charge is 2.28. The van der Waals surface area contributed by atoms with Crippen LogP contribution in [0.15, 0.2) is 51.0 Å². The summed E-state index contributed by atoms with van der Waals surface area (Å²) in [6.07, 6.45) is 0. The van der Waals surface area contributed by atoms with Gasteiger partial charge in [-0.15, -0.1) is 11.3 Å². The smallest absolute Gasteiger partial charge is 0.303 e. The summed E-state index contributed by atoms with van der Waals surface area (Å²) in [5, 5.41) is 3.38. The molecule has 29 heavy (non-hydrogen) atoms. The Morgan fingerprint density at radius 3 is 2.86 bits per heavy atom. The molecule has 0 spiro atoms. The van der Waals surface area contributed by atoms with E-state index in [2.05, 4.69) is 9.98 Å². The van der Waals surface area contributed by atoms with Crippen LogP contribution < -0.4 is 4.31 Å². The maximum Gasteiger partial charge on any atom is 0.303 e. The van der Waals surface area contributed by atoms with Crippen LogP contribution in [0.3, 0.4) is 0 Å². The molecular formula is C19H19N3O4S3. The molecule has 1 unspecified atom stereocenters. The van der Waals surface area contributed by atoms with Crippen molar-refractivity contribution in [3.63, 3.8) is 0 Å². The molecular weight excluding hydrogens is 430 g/mol. The van der Waals surface area contributed by atoms with Gasteiger partial charge >= 0.3 is 5.97 Å². The van der Waals surface area contributed by atoms with Crippen molar-refractivity contribution in [2.45, 2.75) is 23.5 Å². The summed E-state index contributed by atoms with van der Waals surface area (Å²) in [6.45, 7) is 3.89. The summed E-state index contributed by atoms with van der Waals surface area (Å²) < 4.78 is 33.2. The number of hydrogen-bond acceptors (Lipinski definition) is 7. The lowest BCUT2D eigenvalue weighted by Crippen LogP contribution is -2.30. The minimum atomic E-state index is -3.65. The number of H-pyrrole nitrogens is 1. The molecule has 7 nitrogen and oxygen atoms in total. The number of benzene rings is 1. The van der Waals surface area contributed by atoms with Crippen molar-refractivity contribution >= 4 is 60.7 Å². The predicted octanol–water partition coefficient (Wildman–Crippen LogP) is 3.83. The normalized spacial score (nSPS) is 16.8. The molecule has 1 N–H and O–H groups in total. The molecule has 1 aliphatic rings. The van der Waals surface area contributed by atoms with Crippen molar-refractivity contribution in [3.05, 3.63) is 47.5 Å². The maximum absolute atomic E-state index is 13.1. The second-order valence-electron chi connectivity index (χ2n) is 6.33. The third kappa shape index (κ3) is 3.79. The van der Waals surface area contributed by atoms with Gasteiger partial charge in [0.1, 0.15) is 9.25 Å². The molecule has 4 rings (SSSR count). The number of carbonyl (C=O) groups is 1. The van der Waals surface area contributed by atoms with Gasteiger partial charge in [0.05, 0.1) is 23.4 Å². The van der Waals surface area contributed by atoms with Crippen molar-refractivity contribution in [2.24, 2.45) is 4.99 Å². The Morgan fingerprint density at radius 1 is 1.34 bits per heavy atom. The summed E-state index contributed by atoms with van der Waals surface area (Å²) in [5.41, 5.74) is 1.75. The van der Waals surface area contributed by atoms with Crippen molar-refractivity contribution < 1.29 is 17.9 Å². The summed E-state index contributed by atoms with van der Waals surface area (Å²) >= 11 is 2.58. The average molecular weight is 450 g/mol. The number of nitrogens with zero attached hydrogens (tertiary/aromatic N) is 2. The molecule has 0 saturated carbocycles. The Hall–Kier alpha value is -2.30. The SMILES string of the molecule is CCN(c1cccc2cc(C3=NCC(OC(C)=O)S3)[nH]c12)S(=O)(=O)c1cccs1. The van der Waals surface area contributed by atoms with Crippen LogP contribution in [0.2, 0.25) is 0 Å². The first-order chi connectivity index (χ1) is 13.9. The number of anilines is 1. The molecule has 152 valence electrons. The fourth-order valence-corrected chi connectivity index (χ4v) is 6.76. The van der Waals surface area contributed by atoms with E-state index in [1.54, 1.807) is 23.6 Å². The number of carbonyl (C=O) groups excluding carboxylic acids is 1. The predicted molar refractivity (Wildman–Crippen MR) is 117 cm³/mol. The van der Waals surface area contributed by atoms with Gasteiger partial charge in [0, 0.05) is 18.9 Å². The number of thiophene rings is 1. The number of thioether (sulfide) groups is 1. The highest BCUT2D eigenvalue weighted by atomic mass is 32.2. The molecule has 0 aliphatic carbocycles. The molecule has 1 aliphatic heterocycles. The number of esters is 1. The lowest BCUT2D eigenvalue weighted by atomic mass is 10.2. The van der Waals surface area contributed by atoms with Crippen LogP contribution >= 0.6 is 23.1 Å². The van der Waals surface area contributed by atoms with Crippen LogP contribution in [0, 0.1) is 0 Å². The lowest BCUT2D eigenvalue weighted by molar-refractivity contribution is -0.141. The number of aliphatic imine (C=N–C) groups is 1. The second kappa shape index (κ2) is 7.85. The Bertz CT molecular complexity index is 1180. The number of nitrogens with one attached hydrogen (secondary N) is 1. The van der Waals surface area contributed by atoms with E-state index < -0.39 is 10.0 Å². The number of sulfonamides is 1. The second-order valence-corrected chi connectivity index (χ2v) is 10.5. The molecule has 3 heterocycles. The Balaban J connectivity index is 1.71. The Kier molecular flexibility index (Phi) is 5.41. The Labute approximate surface area is 176 Å². The van der Waals surface area contributed by atoms with Crippen molar-refractivity contribution in [3.8, 4) is 0 Å². The van der Waals surface area contributed by atoms with E-state index >= 15 is 0 Å². The van der Waals surface area contributed by atoms with E-state index in [0.29, 0.717) is 23.0 Å². The van der Waals surface area contributed by atoms with E-state index in [0.717, 1.165) is 21.6 Å². The first kappa shape index (κ1) is 20.0. The summed E-state index contributed by atoms with van der Waals surface area (Å²) in [4.78, 5) is 19.0. The highest BCUT2D eigenvalue weighted by Crippen LogP contribution is 2.34. The molecule has 2 aromatic heterocycles. The van der Waals surface area contributed by atoms with Gasteiger partial charge in [-0.05, 0) is 30.5 Å². The number of fused-ring (bicyclic) bond motifs is 1. The van der Waals surface area contributed by atoms with Crippen LogP contribution in [0.4, 0.5) is 5.69 Å². The van der Waals surface area contributed by atoms with Crippen LogP contribution in [-0.2, 0) is 19.6 Å². The number of rotatable bonds is 6. The summed E-state index contributed by atoms with van der Waals surface area (Å²) in [7, 11) is -3.65. The van der Waals surface area contributed by atoms with E-state index in [1.807, 2.05) is 25.1 Å². The first-order valence-electron chi connectivity index (χ1n) is 8.97. The zero-order chi connectivity index (χ0) is 20.6.